The van der Waals surface area contributed by atoms with Gasteiger partial charge in [-0.05, 0) is 31.2 Å². The Kier molecular flexibility index (Phi) is 7.69. The third-order valence-electron chi connectivity index (χ3n) is 4.07. The van der Waals surface area contributed by atoms with Crippen LogP contribution in [0, 0.1) is 0 Å². The van der Waals surface area contributed by atoms with E-state index >= 15 is 0 Å². The van der Waals surface area contributed by atoms with Crippen molar-refractivity contribution in [2.24, 2.45) is 0 Å². The summed E-state index contributed by atoms with van der Waals surface area (Å²) in [5.74, 6) is 0.187. The van der Waals surface area contributed by atoms with Crippen molar-refractivity contribution in [1.29, 1.82) is 0 Å². The molecule has 1 N–H and O–H groups in total. The molecule has 0 aromatic heterocycles. The van der Waals surface area contributed by atoms with Gasteiger partial charge in [0.15, 0.2) is 0 Å². The maximum atomic E-state index is 12.3. The number of nitrogens with zero attached hydrogens (tertiary/aromatic N) is 2. The number of carbonyl (C=O) groups is 1. The van der Waals surface area contributed by atoms with Crippen LogP contribution in [-0.4, -0.2) is 53.9 Å². The Bertz CT molecular complexity index is 872. The molecule has 28 heavy (non-hydrogen) atoms. The molecule has 0 aliphatic carbocycles. The summed E-state index contributed by atoms with van der Waals surface area (Å²) in [6.07, 6.45) is 1.08. The topological polar surface area (TPSA) is 79.0 Å². The molecule has 0 bridgehead atoms. The normalized spacial score (nSPS) is 11.0. The van der Waals surface area contributed by atoms with E-state index < -0.39 is 10.0 Å². The summed E-state index contributed by atoms with van der Waals surface area (Å²) in [6, 6.07) is 16.5. The predicted molar refractivity (Wildman–Crippen MR) is 113 cm³/mol. The molecule has 0 radical (unpaired) electrons. The fourth-order valence-corrected chi connectivity index (χ4v) is 3.50. The minimum Gasteiger partial charge on any atom is -0.494 e. The van der Waals surface area contributed by atoms with Gasteiger partial charge in [-0.3, -0.25) is 9.10 Å². The minimum absolute atomic E-state index is 0.288. The number of hydrogen-bond donors (Lipinski definition) is 1. The van der Waals surface area contributed by atoms with Gasteiger partial charge in [-0.2, -0.15) is 0 Å². The molecule has 0 fully saturated rings. The lowest BCUT2D eigenvalue weighted by atomic mass is 10.3. The number of para-hydroxylation sites is 1. The van der Waals surface area contributed by atoms with Crippen molar-refractivity contribution >= 4 is 27.3 Å². The van der Waals surface area contributed by atoms with Gasteiger partial charge in [0.25, 0.3) is 0 Å². The Morgan fingerprint density at radius 1 is 1.07 bits per heavy atom. The van der Waals surface area contributed by atoms with Crippen LogP contribution < -0.4 is 19.3 Å². The number of ether oxygens (including phenoxy) is 1. The summed E-state index contributed by atoms with van der Waals surface area (Å²) >= 11 is 0. The standard InChI is InChI=1S/C20H27N3O4S/c1-4-27-19-12-8-11-18(15-19)23(28(3,25)26)16-20(24)21-13-14-22(2)17-9-6-5-7-10-17/h5-12,15H,4,13-14,16H2,1-3H3,(H,21,24). The molecule has 1 amide bonds. The van der Waals surface area contributed by atoms with Crippen molar-refractivity contribution in [3.8, 4) is 5.75 Å². The van der Waals surface area contributed by atoms with Gasteiger partial charge >= 0.3 is 0 Å². The van der Waals surface area contributed by atoms with Crippen LogP contribution >= 0.6 is 0 Å². The number of hydrogen-bond acceptors (Lipinski definition) is 5. The lowest BCUT2D eigenvalue weighted by molar-refractivity contribution is -0.119. The van der Waals surface area contributed by atoms with Gasteiger partial charge in [-0.1, -0.05) is 24.3 Å². The van der Waals surface area contributed by atoms with E-state index in [9.17, 15) is 13.2 Å². The van der Waals surface area contributed by atoms with E-state index in [0.29, 0.717) is 31.1 Å². The van der Waals surface area contributed by atoms with Gasteiger partial charge in [0, 0.05) is 31.9 Å². The molecule has 0 saturated heterocycles. The number of carbonyl (C=O) groups excluding carboxylic acids is 1. The summed E-state index contributed by atoms with van der Waals surface area (Å²) in [5, 5.41) is 2.78. The molecule has 0 unspecified atom stereocenters. The van der Waals surface area contributed by atoms with Gasteiger partial charge in [0.05, 0.1) is 18.6 Å². The summed E-state index contributed by atoms with van der Waals surface area (Å²) in [6.45, 7) is 3.04. The number of sulfonamides is 1. The van der Waals surface area contributed by atoms with Gasteiger partial charge in [-0.15, -0.1) is 0 Å². The van der Waals surface area contributed by atoms with E-state index in [2.05, 4.69) is 5.32 Å². The molecule has 2 aromatic carbocycles. The van der Waals surface area contributed by atoms with E-state index in [0.717, 1.165) is 16.2 Å². The van der Waals surface area contributed by atoms with Gasteiger partial charge in [-0.25, -0.2) is 8.42 Å². The number of nitrogens with one attached hydrogen (secondary N) is 1. The van der Waals surface area contributed by atoms with E-state index in [4.69, 9.17) is 4.74 Å². The van der Waals surface area contributed by atoms with Crippen LogP contribution in [0.2, 0.25) is 0 Å². The highest BCUT2D eigenvalue weighted by Gasteiger charge is 2.21. The number of likely N-dealkylation sites (N-methyl/N-ethyl adjacent to an activating group) is 1. The lowest BCUT2D eigenvalue weighted by Gasteiger charge is -2.23. The second kappa shape index (κ2) is 9.98. The third kappa shape index (κ3) is 6.45. The molecular weight excluding hydrogens is 378 g/mol. The highest BCUT2D eigenvalue weighted by Crippen LogP contribution is 2.23. The van der Waals surface area contributed by atoms with Crippen molar-refractivity contribution in [3.05, 3.63) is 54.6 Å². The van der Waals surface area contributed by atoms with Gasteiger partial charge < -0.3 is 15.0 Å². The first-order valence-electron chi connectivity index (χ1n) is 9.04. The first-order valence-corrected chi connectivity index (χ1v) is 10.9. The highest BCUT2D eigenvalue weighted by molar-refractivity contribution is 7.92. The molecule has 2 rings (SSSR count). The zero-order chi connectivity index (χ0) is 20.6. The molecule has 0 aliphatic rings. The first kappa shape index (κ1) is 21.6. The van der Waals surface area contributed by atoms with Crippen molar-refractivity contribution in [3.63, 3.8) is 0 Å². The van der Waals surface area contributed by atoms with Crippen LogP contribution in [0.4, 0.5) is 11.4 Å². The summed E-state index contributed by atoms with van der Waals surface area (Å²) in [4.78, 5) is 14.3. The van der Waals surface area contributed by atoms with Crippen LogP contribution in [0.5, 0.6) is 5.75 Å². The molecule has 0 aliphatic heterocycles. The monoisotopic (exact) mass is 405 g/mol. The predicted octanol–water partition coefficient (Wildman–Crippen LogP) is 2.10. The summed E-state index contributed by atoms with van der Waals surface area (Å²) < 4.78 is 30.9. The fraction of sp³-hybridized carbons (Fsp3) is 0.350. The zero-order valence-electron chi connectivity index (χ0n) is 16.5. The Morgan fingerprint density at radius 2 is 1.75 bits per heavy atom. The van der Waals surface area contributed by atoms with Crippen LogP contribution in [0.15, 0.2) is 54.6 Å². The van der Waals surface area contributed by atoms with E-state index in [-0.39, 0.29) is 12.5 Å². The third-order valence-corrected chi connectivity index (χ3v) is 5.21. The number of benzene rings is 2. The molecular formula is C20H27N3O4S. The Balaban J connectivity index is 1.97. The average molecular weight is 406 g/mol. The number of rotatable bonds is 10. The highest BCUT2D eigenvalue weighted by atomic mass is 32.2. The SMILES string of the molecule is CCOc1cccc(N(CC(=O)NCCN(C)c2ccccc2)S(C)(=O)=O)c1. The van der Waals surface area contributed by atoms with E-state index in [1.54, 1.807) is 24.3 Å². The van der Waals surface area contributed by atoms with E-state index in [1.165, 1.54) is 0 Å². The molecule has 7 nitrogen and oxygen atoms in total. The van der Waals surface area contributed by atoms with Crippen LogP contribution in [0.3, 0.4) is 0 Å². The number of anilines is 2. The minimum atomic E-state index is -3.62. The summed E-state index contributed by atoms with van der Waals surface area (Å²) in [7, 11) is -1.69. The largest absolute Gasteiger partial charge is 0.494 e. The van der Waals surface area contributed by atoms with Gasteiger partial charge in [0.2, 0.25) is 15.9 Å². The van der Waals surface area contributed by atoms with Crippen LogP contribution in [0.1, 0.15) is 6.92 Å². The second-order valence-electron chi connectivity index (χ2n) is 6.31. The maximum absolute atomic E-state index is 12.3. The second-order valence-corrected chi connectivity index (χ2v) is 8.21. The van der Waals surface area contributed by atoms with Crippen molar-refractivity contribution in [2.45, 2.75) is 6.92 Å². The van der Waals surface area contributed by atoms with Crippen molar-refractivity contribution in [1.82, 2.24) is 5.32 Å². The van der Waals surface area contributed by atoms with Crippen LogP contribution in [0.25, 0.3) is 0 Å². The van der Waals surface area contributed by atoms with Crippen molar-refractivity contribution in [2.75, 3.05) is 48.7 Å². The maximum Gasteiger partial charge on any atom is 0.240 e. The molecule has 8 heteroatoms. The summed E-state index contributed by atoms with van der Waals surface area (Å²) in [5.41, 5.74) is 1.44. The fourth-order valence-electron chi connectivity index (χ4n) is 2.66. The van der Waals surface area contributed by atoms with Crippen LogP contribution in [-0.2, 0) is 14.8 Å². The van der Waals surface area contributed by atoms with Gasteiger partial charge in [0.1, 0.15) is 12.3 Å². The molecule has 0 saturated carbocycles. The number of amides is 1. The first-order chi connectivity index (χ1) is 13.3. The molecule has 0 spiro atoms. The quantitative estimate of drug-likeness (QED) is 0.655. The smallest absolute Gasteiger partial charge is 0.240 e. The molecule has 2 aromatic rings. The van der Waals surface area contributed by atoms with Crippen molar-refractivity contribution < 1.29 is 17.9 Å². The zero-order valence-corrected chi connectivity index (χ0v) is 17.3. The Hall–Kier alpha value is -2.74. The lowest BCUT2D eigenvalue weighted by Crippen LogP contribution is -2.42. The average Bonchev–Trinajstić information content (AvgIpc) is 2.66. The molecule has 152 valence electrons. The Morgan fingerprint density at radius 3 is 2.39 bits per heavy atom. The van der Waals surface area contributed by atoms with E-state index in [1.807, 2.05) is 49.2 Å². The molecule has 0 heterocycles. The molecule has 0 atom stereocenters. The Labute approximate surface area is 167 Å².